The molecule has 0 atom stereocenters. The van der Waals surface area contributed by atoms with E-state index in [9.17, 15) is 37.1 Å². The molecule has 0 fully saturated rings. The fourth-order valence-electron chi connectivity index (χ4n) is 4.48. The number of alkyl halides is 3. The molecule has 37 heavy (non-hydrogen) atoms. The second-order valence-corrected chi connectivity index (χ2v) is 8.72. The minimum Gasteiger partial charge on any atom is -0.548 e. The monoisotopic (exact) mass is 523 g/mol. The fourth-order valence-corrected chi connectivity index (χ4v) is 4.48. The number of carboxylic acids is 1. The molecule has 1 heterocycles. The highest BCUT2D eigenvalue weighted by molar-refractivity contribution is 5.97. The van der Waals surface area contributed by atoms with Crippen LogP contribution in [0.4, 0.5) is 28.9 Å². The van der Waals surface area contributed by atoms with Gasteiger partial charge in [-0.1, -0.05) is 18.2 Å². The maximum Gasteiger partial charge on any atom is 0.471 e. The largest absolute Gasteiger partial charge is 0.548 e. The standard InChI is InChI=1S/C26H28F4N2O5/c1-3-37-23(35)11-9-17-8-10-20(13-21(17)27)32(25(36)26(28,29)30)14-19-7-6-18-5-4-12-31(15-22(33)34)24(18)16(19)2/h6-8,10,13H,3-5,9,11-12,14-15H2,1-2H3,(H,33,34)/p-1. The van der Waals surface area contributed by atoms with E-state index < -0.39 is 36.4 Å². The first-order chi connectivity index (χ1) is 17.4. The van der Waals surface area contributed by atoms with Crippen LogP contribution < -0.4 is 14.9 Å². The van der Waals surface area contributed by atoms with Gasteiger partial charge in [0.1, 0.15) is 5.82 Å². The van der Waals surface area contributed by atoms with Crippen LogP contribution in [0.15, 0.2) is 30.3 Å². The molecule has 0 spiro atoms. The van der Waals surface area contributed by atoms with Crippen LogP contribution in [-0.2, 0) is 38.5 Å². The van der Waals surface area contributed by atoms with E-state index in [1.165, 1.54) is 12.1 Å². The zero-order valence-electron chi connectivity index (χ0n) is 20.5. The molecular formula is C26H27F4N2O5-. The maximum absolute atomic E-state index is 14.8. The van der Waals surface area contributed by atoms with Crippen molar-refractivity contribution in [3.8, 4) is 0 Å². The molecule has 0 aliphatic carbocycles. The predicted octanol–water partition coefficient (Wildman–Crippen LogP) is 3.23. The number of carboxylic acid groups (broad SMARTS) is 1. The Morgan fingerprint density at radius 1 is 1.14 bits per heavy atom. The summed E-state index contributed by atoms with van der Waals surface area (Å²) in [5, 5.41) is 11.2. The second-order valence-electron chi connectivity index (χ2n) is 8.72. The van der Waals surface area contributed by atoms with Gasteiger partial charge in [-0.3, -0.25) is 9.59 Å². The fraction of sp³-hybridized carbons (Fsp3) is 0.423. The molecule has 0 saturated heterocycles. The number of halogens is 4. The molecule has 1 aliphatic rings. The van der Waals surface area contributed by atoms with Crippen molar-refractivity contribution in [1.29, 1.82) is 0 Å². The topological polar surface area (TPSA) is 90.0 Å². The van der Waals surface area contributed by atoms with Gasteiger partial charge >= 0.3 is 18.1 Å². The van der Waals surface area contributed by atoms with E-state index in [0.717, 1.165) is 11.6 Å². The lowest BCUT2D eigenvalue weighted by molar-refractivity contribution is -0.303. The SMILES string of the molecule is CCOC(=O)CCc1ccc(N(Cc2ccc3c(c2C)N(CC(=O)[O-])CCC3)C(=O)C(F)(F)F)cc1F. The quantitative estimate of drug-likeness (QED) is 0.371. The molecule has 11 heteroatoms. The Kier molecular flexibility index (Phi) is 8.77. The van der Waals surface area contributed by atoms with Gasteiger partial charge in [-0.2, -0.15) is 13.2 Å². The number of hydrogen-bond donors (Lipinski definition) is 0. The molecule has 0 saturated carbocycles. The number of aliphatic carboxylic acids is 1. The van der Waals surface area contributed by atoms with Crippen LogP contribution in [-0.4, -0.2) is 43.7 Å². The van der Waals surface area contributed by atoms with E-state index in [1.807, 2.05) is 0 Å². The van der Waals surface area contributed by atoms with Crippen LogP contribution in [0.3, 0.4) is 0 Å². The first kappa shape index (κ1) is 27.9. The number of rotatable bonds is 9. The zero-order chi connectivity index (χ0) is 27.3. The first-order valence-electron chi connectivity index (χ1n) is 11.8. The summed E-state index contributed by atoms with van der Waals surface area (Å²) in [7, 11) is 0. The Morgan fingerprint density at radius 2 is 1.84 bits per heavy atom. The summed E-state index contributed by atoms with van der Waals surface area (Å²) >= 11 is 0. The van der Waals surface area contributed by atoms with Crippen LogP contribution in [0.25, 0.3) is 0 Å². The van der Waals surface area contributed by atoms with Crippen LogP contribution >= 0.6 is 0 Å². The molecule has 0 bridgehead atoms. The lowest BCUT2D eigenvalue weighted by Gasteiger charge is -2.34. The first-order valence-corrected chi connectivity index (χ1v) is 11.8. The van der Waals surface area contributed by atoms with Gasteiger partial charge in [0.05, 0.1) is 25.7 Å². The summed E-state index contributed by atoms with van der Waals surface area (Å²) in [4.78, 5) is 37.2. The smallest absolute Gasteiger partial charge is 0.471 e. The summed E-state index contributed by atoms with van der Waals surface area (Å²) in [5.74, 6) is -4.85. The maximum atomic E-state index is 14.8. The number of fused-ring (bicyclic) bond motifs is 1. The van der Waals surface area contributed by atoms with Crippen molar-refractivity contribution in [3.05, 3.63) is 58.4 Å². The van der Waals surface area contributed by atoms with E-state index in [2.05, 4.69) is 0 Å². The van der Waals surface area contributed by atoms with Crippen LogP contribution in [0.2, 0.25) is 0 Å². The summed E-state index contributed by atoms with van der Waals surface area (Å²) in [6, 6.07) is 6.57. The van der Waals surface area contributed by atoms with Crippen molar-refractivity contribution in [2.75, 3.05) is 29.5 Å². The molecule has 0 N–H and O–H groups in total. The number of benzene rings is 2. The van der Waals surface area contributed by atoms with E-state index in [-0.39, 0.29) is 37.2 Å². The lowest BCUT2D eigenvalue weighted by atomic mass is 9.94. The number of nitrogens with zero attached hydrogens (tertiary/aromatic N) is 2. The van der Waals surface area contributed by atoms with Gasteiger partial charge in [-0.25, -0.2) is 4.39 Å². The van der Waals surface area contributed by atoms with Gasteiger partial charge in [0, 0.05) is 24.3 Å². The molecule has 2 aromatic carbocycles. The molecule has 1 aliphatic heterocycles. The number of carbonyl (C=O) groups is 3. The number of aryl methyl sites for hydroxylation is 2. The molecule has 3 rings (SSSR count). The average Bonchev–Trinajstić information content (AvgIpc) is 2.82. The van der Waals surface area contributed by atoms with Gasteiger partial charge in [0.15, 0.2) is 0 Å². The minimum atomic E-state index is -5.22. The van der Waals surface area contributed by atoms with Crippen molar-refractivity contribution in [2.45, 2.75) is 52.3 Å². The number of anilines is 2. The average molecular weight is 524 g/mol. The number of amides is 1. The van der Waals surface area contributed by atoms with Crippen molar-refractivity contribution >= 4 is 29.2 Å². The van der Waals surface area contributed by atoms with E-state index in [0.29, 0.717) is 41.1 Å². The zero-order valence-corrected chi connectivity index (χ0v) is 20.5. The molecule has 0 unspecified atom stereocenters. The summed E-state index contributed by atoms with van der Waals surface area (Å²) in [6.45, 7) is 3.00. The summed E-state index contributed by atoms with van der Waals surface area (Å²) in [6.07, 6.45) is -3.96. The molecule has 7 nitrogen and oxygen atoms in total. The highest BCUT2D eigenvalue weighted by atomic mass is 19.4. The Hall–Kier alpha value is -3.63. The van der Waals surface area contributed by atoms with Crippen LogP contribution in [0.1, 0.15) is 42.0 Å². The number of ether oxygens (including phenoxy) is 1. The van der Waals surface area contributed by atoms with Crippen molar-refractivity contribution in [3.63, 3.8) is 0 Å². The Balaban J connectivity index is 1.95. The third kappa shape index (κ3) is 6.78. The Labute approximate surface area is 211 Å². The normalized spacial score (nSPS) is 13.2. The third-order valence-corrected chi connectivity index (χ3v) is 6.21. The lowest BCUT2D eigenvalue weighted by Crippen LogP contribution is -2.42. The van der Waals surface area contributed by atoms with E-state index >= 15 is 0 Å². The minimum absolute atomic E-state index is 0.0175. The number of hydrogen-bond acceptors (Lipinski definition) is 6. The van der Waals surface area contributed by atoms with Crippen molar-refractivity contribution < 1.29 is 41.8 Å². The molecule has 200 valence electrons. The molecule has 0 radical (unpaired) electrons. The molecule has 2 aromatic rings. The molecule has 0 aromatic heterocycles. The van der Waals surface area contributed by atoms with Gasteiger partial charge in [0.2, 0.25) is 0 Å². The second kappa shape index (κ2) is 11.6. The summed E-state index contributed by atoms with van der Waals surface area (Å²) in [5.41, 5.74) is 2.12. The highest BCUT2D eigenvalue weighted by Gasteiger charge is 2.43. The van der Waals surface area contributed by atoms with E-state index in [4.69, 9.17) is 4.74 Å². The Bertz CT molecular complexity index is 1180. The highest BCUT2D eigenvalue weighted by Crippen LogP contribution is 2.35. The van der Waals surface area contributed by atoms with Crippen LogP contribution in [0, 0.1) is 12.7 Å². The molecule has 1 amide bonds. The number of esters is 1. The number of carbonyl (C=O) groups excluding carboxylic acids is 3. The Morgan fingerprint density at radius 3 is 2.46 bits per heavy atom. The van der Waals surface area contributed by atoms with Gasteiger partial charge < -0.3 is 24.4 Å². The van der Waals surface area contributed by atoms with Crippen molar-refractivity contribution in [2.24, 2.45) is 0 Å². The predicted molar refractivity (Wildman–Crippen MR) is 125 cm³/mol. The van der Waals surface area contributed by atoms with Crippen LogP contribution in [0.5, 0.6) is 0 Å². The van der Waals surface area contributed by atoms with E-state index in [1.54, 1.807) is 30.9 Å². The van der Waals surface area contributed by atoms with Gasteiger partial charge in [-0.05, 0) is 67.5 Å². The third-order valence-electron chi connectivity index (χ3n) is 6.21. The molecular weight excluding hydrogens is 496 g/mol. The van der Waals surface area contributed by atoms with Gasteiger partial charge in [0.25, 0.3) is 0 Å². The summed E-state index contributed by atoms with van der Waals surface area (Å²) < 4.78 is 60.1. The van der Waals surface area contributed by atoms with Gasteiger partial charge in [-0.15, -0.1) is 0 Å². The van der Waals surface area contributed by atoms with Crippen molar-refractivity contribution in [1.82, 2.24) is 0 Å².